The Balaban J connectivity index is 2.25. The number of rotatable bonds is 2. The molecule has 0 amide bonds. The number of nitrogens with one attached hydrogen (secondary N) is 2. The lowest BCUT2D eigenvalue weighted by atomic mass is 10.1. The summed E-state index contributed by atoms with van der Waals surface area (Å²) in [5.41, 5.74) is 1.92. The van der Waals surface area contributed by atoms with Crippen molar-refractivity contribution in [2.75, 3.05) is 7.11 Å². The van der Waals surface area contributed by atoms with E-state index in [0.717, 1.165) is 22.2 Å². The molecule has 0 bridgehead atoms. The van der Waals surface area contributed by atoms with Crippen molar-refractivity contribution in [1.82, 2.24) is 25.6 Å². The van der Waals surface area contributed by atoms with E-state index in [2.05, 4.69) is 25.6 Å². The maximum Gasteiger partial charge on any atom is 0.206 e. The average molecular weight is 215 g/mol. The Morgan fingerprint density at radius 2 is 2.25 bits per heavy atom. The van der Waals surface area contributed by atoms with Crippen molar-refractivity contribution in [3.63, 3.8) is 0 Å². The van der Waals surface area contributed by atoms with E-state index < -0.39 is 0 Å². The second-order valence-electron chi connectivity index (χ2n) is 3.35. The molecule has 6 nitrogen and oxygen atoms in total. The van der Waals surface area contributed by atoms with Gasteiger partial charge in [-0.3, -0.25) is 0 Å². The van der Waals surface area contributed by atoms with Gasteiger partial charge in [-0.15, -0.1) is 10.2 Å². The Hall–Kier alpha value is -2.37. The van der Waals surface area contributed by atoms with Crippen molar-refractivity contribution in [3.8, 4) is 17.1 Å². The zero-order valence-corrected chi connectivity index (χ0v) is 8.56. The predicted octanol–water partition coefficient (Wildman–Crippen LogP) is 1.36. The van der Waals surface area contributed by atoms with Gasteiger partial charge in [0.15, 0.2) is 0 Å². The molecule has 3 rings (SSSR count). The van der Waals surface area contributed by atoms with Gasteiger partial charge in [-0.25, -0.2) is 0 Å². The molecular formula is C10H9N5O. The van der Waals surface area contributed by atoms with Gasteiger partial charge in [0.05, 0.1) is 7.11 Å². The predicted molar refractivity (Wildman–Crippen MR) is 58.0 cm³/mol. The Morgan fingerprint density at radius 3 is 3.00 bits per heavy atom. The van der Waals surface area contributed by atoms with Gasteiger partial charge in [-0.05, 0) is 23.4 Å². The van der Waals surface area contributed by atoms with E-state index >= 15 is 0 Å². The van der Waals surface area contributed by atoms with Crippen LogP contribution in [0.4, 0.5) is 0 Å². The third-order valence-corrected chi connectivity index (χ3v) is 2.48. The summed E-state index contributed by atoms with van der Waals surface area (Å²) in [7, 11) is 1.64. The fourth-order valence-corrected chi connectivity index (χ4v) is 1.69. The van der Waals surface area contributed by atoms with Gasteiger partial charge in [0, 0.05) is 22.7 Å². The molecule has 6 heteroatoms. The lowest BCUT2D eigenvalue weighted by Gasteiger charge is -1.99. The zero-order valence-electron chi connectivity index (χ0n) is 8.56. The molecule has 3 aromatic rings. The molecule has 0 radical (unpaired) electrons. The lowest BCUT2D eigenvalue weighted by Crippen LogP contribution is -1.82. The van der Waals surface area contributed by atoms with Crippen LogP contribution in [0.1, 0.15) is 0 Å². The van der Waals surface area contributed by atoms with Crippen molar-refractivity contribution < 1.29 is 4.74 Å². The molecule has 1 aromatic carbocycles. The van der Waals surface area contributed by atoms with Gasteiger partial charge in [-0.2, -0.15) is 5.21 Å². The Labute approximate surface area is 90.6 Å². The van der Waals surface area contributed by atoms with Crippen LogP contribution in [-0.2, 0) is 0 Å². The van der Waals surface area contributed by atoms with Crippen molar-refractivity contribution in [1.29, 1.82) is 0 Å². The molecule has 16 heavy (non-hydrogen) atoms. The summed E-state index contributed by atoms with van der Waals surface area (Å²) in [5, 5.41) is 14.9. The molecule has 0 aliphatic heterocycles. The van der Waals surface area contributed by atoms with Gasteiger partial charge < -0.3 is 9.72 Å². The second kappa shape index (κ2) is 3.34. The molecular weight excluding hydrogens is 206 g/mol. The minimum atomic E-state index is 0.569. The minimum Gasteiger partial charge on any atom is -0.497 e. The standard InChI is InChI=1S/C10H9N5O/c1-16-6-2-3-9-7(4-6)8(5-11-9)10-12-14-15-13-10/h2-5,11H,1H3,(H,12,13,14,15). The van der Waals surface area contributed by atoms with E-state index in [1.165, 1.54) is 0 Å². The van der Waals surface area contributed by atoms with Crippen LogP contribution in [0.25, 0.3) is 22.3 Å². The number of fused-ring (bicyclic) bond motifs is 1. The highest BCUT2D eigenvalue weighted by Crippen LogP contribution is 2.28. The molecule has 2 N–H and O–H groups in total. The molecule has 2 aromatic heterocycles. The van der Waals surface area contributed by atoms with E-state index in [1.54, 1.807) is 7.11 Å². The van der Waals surface area contributed by atoms with Crippen LogP contribution in [0.15, 0.2) is 24.4 Å². The summed E-state index contributed by atoms with van der Waals surface area (Å²) in [4.78, 5) is 3.15. The number of hydrogen-bond donors (Lipinski definition) is 2. The second-order valence-corrected chi connectivity index (χ2v) is 3.35. The molecule has 0 atom stereocenters. The first-order chi connectivity index (χ1) is 7.88. The number of benzene rings is 1. The van der Waals surface area contributed by atoms with Crippen molar-refractivity contribution in [2.45, 2.75) is 0 Å². The number of H-pyrrole nitrogens is 2. The number of methoxy groups -OCH3 is 1. The van der Waals surface area contributed by atoms with Crippen LogP contribution in [0, 0.1) is 0 Å². The summed E-state index contributed by atoms with van der Waals surface area (Å²) in [6, 6.07) is 5.80. The molecule has 0 fully saturated rings. The van der Waals surface area contributed by atoms with Crippen LogP contribution in [0.3, 0.4) is 0 Å². The SMILES string of the molecule is COc1ccc2[nH]cc(-c3nn[nH]n3)c2c1. The molecule has 80 valence electrons. The summed E-state index contributed by atoms with van der Waals surface area (Å²) in [6.45, 7) is 0. The maximum absolute atomic E-state index is 5.19. The van der Waals surface area contributed by atoms with Gasteiger partial charge in [0.1, 0.15) is 5.75 Å². The summed E-state index contributed by atoms with van der Waals surface area (Å²) < 4.78 is 5.19. The first-order valence-corrected chi connectivity index (χ1v) is 4.77. The van der Waals surface area contributed by atoms with Gasteiger partial charge in [0.2, 0.25) is 5.82 Å². The van der Waals surface area contributed by atoms with E-state index in [0.29, 0.717) is 5.82 Å². The molecule has 2 heterocycles. The fourth-order valence-electron chi connectivity index (χ4n) is 1.69. The highest BCUT2D eigenvalue weighted by molar-refractivity contribution is 5.94. The first kappa shape index (κ1) is 8.90. The fraction of sp³-hybridized carbons (Fsp3) is 0.100. The lowest BCUT2D eigenvalue weighted by molar-refractivity contribution is 0.415. The van der Waals surface area contributed by atoms with Gasteiger partial charge in [0.25, 0.3) is 0 Å². The van der Waals surface area contributed by atoms with Crippen molar-refractivity contribution in [2.24, 2.45) is 0 Å². The summed E-state index contributed by atoms with van der Waals surface area (Å²) in [5.74, 6) is 1.37. The van der Waals surface area contributed by atoms with Crippen LogP contribution < -0.4 is 4.74 Å². The third kappa shape index (κ3) is 1.23. The molecule has 0 saturated heterocycles. The molecule has 0 spiro atoms. The molecule has 0 unspecified atom stereocenters. The number of aromatic nitrogens is 5. The Bertz CT molecular complexity index is 613. The highest BCUT2D eigenvalue weighted by atomic mass is 16.5. The van der Waals surface area contributed by atoms with E-state index in [9.17, 15) is 0 Å². The highest BCUT2D eigenvalue weighted by Gasteiger charge is 2.10. The number of aromatic amines is 2. The van der Waals surface area contributed by atoms with Gasteiger partial charge >= 0.3 is 0 Å². The number of nitrogens with zero attached hydrogens (tertiary/aromatic N) is 3. The van der Waals surface area contributed by atoms with E-state index in [1.807, 2.05) is 24.4 Å². The zero-order chi connectivity index (χ0) is 11.0. The van der Waals surface area contributed by atoms with Crippen LogP contribution in [-0.4, -0.2) is 32.7 Å². The normalized spacial score (nSPS) is 10.8. The van der Waals surface area contributed by atoms with E-state index in [4.69, 9.17) is 4.74 Å². The third-order valence-electron chi connectivity index (χ3n) is 2.48. The molecule has 0 saturated carbocycles. The monoisotopic (exact) mass is 215 g/mol. The Kier molecular flexibility index (Phi) is 1.86. The smallest absolute Gasteiger partial charge is 0.206 e. The number of tetrazole rings is 1. The topological polar surface area (TPSA) is 79.5 Å². The van der Waals surface area contributed by atoms with Crippen molar-refractivity contribution >= 4 is 10.9 Å². The quantitative estimate of drug-likeness (QED) is 0.676. The van der Waals surface area contributed by atoms with Crippen molar-refractivity contribution in [3.05, 3.63) is 24.4 Å². The summed E-state index contributed by atoms with van der Waals surface area (Å²) in [6.07, 6.45) is 1.86. The maximum atomic E-state index is 5.19. The van der Waals surface area contributed by atoms with Gasteiger partial charge in [-0.1, -0.05) is 0 Å². The molecule has 0 aliphatic rings. The molecule has 0 aliphatic carbocycles. The van der Waals surface area contributed by atoms with Crippen LogP contribution in [0.5, 0.6) is 5.75 Å². The number of ether oxygens (including phenoxy) is 1. The van der Waals surface area contributed by atoms with E-state index in [-0.39, 0.29) is 0 Å². The van der Waals surface area contributed by atoms with Crippen LogP contribution in [0.2, 0.25) is 0 Å². The number of hydrogen-bond acceptors (Lipinski definition) is 4. The van der Waals surface area contributed by atoms with Crippen LogP contribution >= 0.6 is 0 Å². The average Bonchev–Trinajstić information content (AvgIpc) is 2.96. The minimum absolute atomic E-state index is 0.569. The Morgan fingerprint density at radius 1 is 1.31 bits per heavy atom. The first-order valence-electron chi connectivity index (χ1n) is 4.77. The largest absolute Gasteiger partial charge is 0.497 e. The summed E-state index contributed by atoms with van der Waals surface area (Å²) >= 11 is 0.